The van der Waals surface area contributed by atoms with Crippen LogP contribution in [0, 0.1) is 0 Å². The van der Waals surface area contributed by atoms with Gasteiger partial charge in [0.05, 0.1) is 12.5 Å². The van der Waals surface area contributed by atoms with Gasteiger partial charge in [0.1, 0.15) is 17.1 Å². The summed E-state index contributed by atoms with van der Waals surface area (Å²) in [4.78, 5) is 35.3. The lowest BCUT2D eigenvalue weighted by Gasteiger charge is -2.07. The summed E-state index contributed by atoms with van der Waals surface area (Å²) >= 11 is 0. The van der Waals surface area contributed by atoms with Crippen molar-refractivity contribution in [1.82, 2.24) is 0 Å². The zero-order chi connectivity index (χ0) is 22.0. The monoisotopic (exact) mass is 417 g/mol. The Morgan fingerprint density at radius 1 is 1.10 bits per heavy atom. The van der Waals surface area contributed by atoms with Crippen LogP contribution in [0.4, 0.5) is 5.69 Å². The van der Waals surface area contributed by atoms with Crippen molar-refractivity contribution < 1.29 is 23.8 Å². The highest BCUT2D eigenvalue weighted by Crippen LogP contribution is 2.34. The second-order valence-electron chi connectivity index (χ2n) is 7.05. The van der Waals surface area contributed by atoms with Crippen LogP contribution in [-0.4, -0.2) is 24.1 Å². The number of nitrogens with one attached hydrogen (secondary N) is 1. The van der Waals surface area contributed by atoms with E-state index in [1.54, 1.807) is 25.3 Å². The van der Waals surface area contributed by atoms with Gasteiger partial charge in [0.15, 0.2) is 5.43 Å². The van der Waals surface area contributed by atoms with Gasteiger partial charge in [0.25, 0.3) is 0 Å². The van der Waals surface area contributed by atoms with E-state index in [1.165, 1.54) is 0 Å². The third-order valence-electron chi connectivity index (χ3n) is 5.02. The molecule has 0 aliphatic heterocycles. The summed E-state index contributed by atoms with van der Waals surface area (Å²) in [6.07, 6.45) is 4.96. The summed E-state index contributed by atoms with van der Waals surface area (Å²) in [5, 5.41) is 11.6. The van der Waals surface area contributed by atoms with Crippen LogP contribution in [0.2, 0.25) is 0 Å². The number of carbonyl (C=O) groups excluding carboxylic acids is 1. The second-order valence-corrected chi connectivity index (χ2v) is 7.05. The van der Waals surface area contributed by atoms with Gasteiger partial charge in [-0.15, -0.1) is 0 Å². The predicted octanol–water partition coefficient (Wildman–Crippen LogP) is 3.87. The minimum Gasteiger partial charge on any atom is -0.497 e. The number of hydrogen-bond donors (Lipinski definition) is 2. The molecule has 0 atom stereocenters. The Labute approximate surface area is 177 Å². The molecule has 3 aromatic rings. The number of carboxylic acids is 1. The van der Waals surface area contributed by atoms with Crippen LogP contribution < -0.4 is 15.5 Å². The number of rotatable bonds is 5. The number of carboxylic acid groups (broad SMARTS) is 1. The summed E-state index contributed by atoms with van der Waals surface area (Å²) in [5.74, 6) is -0.487. The standard InChI is InChI=1S/C24H19NO6/c1-30-17-6-2-14(3-7-17)12-15-4-8-19-23(29)18-9-5-16(13-20(18)31-24(15)19)25-21(26)10-11-22(27)28/h2-3,5-7,9-13H,4,8H2,1H3,(H,25,26)(H,27,28)/b11-10-,15-12?. The number of ether oxygens (including phenoxy) is 1. The van der Waals surface area contributed by atoms with Crippen LogP contribution in [0.1, 0.15) is 23.3 Å². The SMILES string of the molecule is COc1ccc(C=C2CCc3c2oc2cc(NC(=O)/C=C\C(=O)O)ccc2c3=O)cc1. The number of benzene rings is 2. The van der Waals surface area contributed by atoms with Gasteiger partial charge in [0.2, 0.25) is 5.91 Å². The van der Waals surface area contributed by atoms with Crippen molar-refractivity contribution >= 4 is 40.2 Å². The summed E-state index contributed by atoms with van der Waals surface area (Å²) in [6, 6.07) is 12.3. The molecule has 31 heavy (non-hydrogen) atoms. The lowest BCUT2D eigenvalue weighted by Crippen LogP contribution is -2.11. The predicted molar refractivity (Wildman–Crippen MR) is 117 cm³/mol. The molecule has 0 spiro atoms. The summed E-state index contributed by atoms with van der Waals surface area (Å²) in [7, 11) is 1.61. The molecule has 2 N–H and O–H groups in total. The highest BCUT2D eigenvalue weighted by Gasteiger charge is 2.24. The number of methoxy groups -OCH3 is 1. The van der Waals surface area contributed by atoms with Crippen LogP contribution in [0.5, 0.6) is 5.75 Å². The highest BCUT2D eigenvalue weighted by molar-refractivity contribution is 6.03. The van der Waals surface area contributed by atoms with E-state index in [0.717, 1.165) is 29.0 Å². The van der Waals surface area contributed by atoms with Crippen molar-refractivity contribution in [3.05, 3.63) is 81.7 Å². The van der Waals surface area contributed by atoms with Crippen molar-refractivity contribution in [2.45, 2.75) is 12.8 Å². The smallest absolute Gasteiger partial charge is 0.328 e. The number of carbonyl (C=O) groups is 2. The highest BCUT2D eigenvalue weighted by atomic mass is 16.5. The Hall–Kier alpha value is -4.13. The number of allylic oxidation sites excluding steroid dienone is 1. The van der Waals surface area contributed by atoms with E-state index in [9.17, 15) is 14.4 Å². The Kier molecular flexibility index (Phi) is 5.41. The lowest BCUT2D eigenvalue weighted by molar-refractivity contribution is -0.131. The molecule has 1 heterocycles. The molecule has 7 nitrogen and oxygen atoms in total. The fourth-order valence-corrected chi connectivity index (χ4v) is 3.54. The Morgan fingerprint density at radius 2 is 1.87 bits per heavy atom. The van der Waals surface area contributed by atoms with Crippen LogP contribution in [0.3, 0.4) is 0 Å². The van der Waals surface area contributed by atoms with E-state index in [2.05, 4.69) is 5.32 Å². The molecule has 0 radical (unpaired) electrons. The number of anilines is 1. The maximum absolute atomic E-state index is 12.9. The van der Waals surface area contributed by atoms with E-state index >= 15 is 0 Å². The first-order chi connectivity index (χ1) is 14.9. The zero-order valence-electron chi connectivity index (χ0n) is 16.7. The van der Waals surface area contributed by atoms with Gasteiger partial charge in [-0.05, 0) is 54.3 Å². The van der Waals surface area contributed by atoms with E-state index in [4.69, 9.17) is 14.3 Å². The molecule has 7 heteroatoms. The average molecular weight is 417 g/mol. The maximum atomic E-state index is 12.9. The first-order valence-corrected chi connectivity index (χ1v) is 9.61. The van der Waals surface area contributed by atoms with Gasteiger partial charge in [-0.1, -0.05) is 12.1 Å². The molecule has 1 amide bonds. The van der Waals surface area contributed by atoms with Gasteiger partial charge in [0, 0.05) is 29.5 Å². The molecule has 0 saturated heterocycles. The molecule has 4 rings (SSSR count). The fourth-order valence-electron chi connectivity index (χ4n) is 3.54. The van der Waals surface area contributed by atoms with Gasteiger partial charge in [-0.2, -0.15) is 0 Å². The Morgan fingerprint density at radius 3 is 2.58 bits per heavy atom. The number of aliphatic carboxylic acids is 1. The first-order valence-electron chi connectivity index (χ1n) is 9.61. The van der Waals surface area contributed by atoms with Gasteiger partial charge >= 0.3 is 5.97 Å². The normalized spacial score (nSPS) is 14.2. The topological polar surface area (TPSA) is 106 Å². The molecule has 1 aliphatic carbocycles. The van der Waals surface area contributed by atoms with Gasteiger partial charge in [-0.3, -0.25) is 9.59 Å². The van der Waals surface area contributed by atoms with E-state index in [-0.39, 0.29) is 5.43 Å². The van der Waals surface area contributed by atoms with Crippen molar-refractivity contribution in [2.75, 3.05) is 12.4 Å². The molecule has 0 fully saturated rings. The second kappa shape index (κ2) is 8.31. The third kappa shape index (κ3) is 4.25. The summed E-state index contributed by atoms with van der Waals surface area (Å²) in [6.45, 7) is 0. The van der Waals surface area contributed by atoms with Crippen LogP contribution in [0.15, 0.2) is 63.8 Å². The van der Waals surface area contributed by atoms with E-state index < -0.39 is 11.9 Å². The zero-order valence-corrected chi connectivity index (χ0v) is 16.7. The Balaban J connectivity index is 1.69. The molecule has 2 aromatic carbocycles. The molecule has 1 aromatic heterocycles. The summed E-state index contributed by atoms with van der Waals surface area (Å²) < 4.78 is 11.3. The first kappa shape index (κ1) is 20.2. The van der Waals surface area contributed by atoms with Crippen LogP contribution >= 0.6 is 0 Å². The molecular formula is C24H19NO6. The quantitative estimate of drug-likeness (QED) is 0.611. The molecule has 1 aliphatic rings. The Bertz CT molecular complexity index is 1300. The summed E-state index contributed by atoms with van der Waals surface area (Å²) in [5.41, 5.74) is 3.21. The van der Waals surface area contributed by atoms with Crippen molar-refractivity contribution in [2.24, 2.45) is 0 Å². The third-order valence-corrected chi connectivity index (χ3v) is 5.02. The van der Waals surface area contributed by atoms with E-state index in [0.29, 0.717) is 40.8 Å². The van der Waals surface area contributed by atoms with Crippen molar-refractivity contribution in [1.29, 1.82) is 0 Å². The number of hydrogen-bond acceptors (Lipinski definition) is 5. The van der Waals surface area contributed by atoms with Gasteiger partial charge < -0.3 is 19.6 Å². The van der Waals surface area contributed by atoms with Gasteiger partial charge in [-0.25, -0.2) is 4.79 Å². The molecule has 0 bridgehead atoms. The van der Waals surface area contributed by atoms with Crippen molar-refractivity contribution in [3.63, 3.8) is 0 Å². The molecule has 0 saturated carbocycles. The average Bonchev–Trinajstić information content (AvgIpc) is 3.15. The van der Waals surface area contributed by atoms with Crippen LogP contribution in [0.25, 0.3) is 22.6 Å². The van der Waals surface area contributed by atoms with E-state index in [1.807, 2.05) is 30.3 Å². The number of amides is 1. The largest absolute Gasteiger partial charge is 0.497 e. The lowest BCUT2D eigenvalue weighted by atomic mass is 10.1. The molecule has 156 valence electrons. The molecular weight excluding hydrogens is 398 g/mol. The molecule has 0 unspecified atom stereocenters. The minimum atomic E-state index is -1.22. The minimum absolute atomic E-state index is 0.0852. The van der Waals surface area contributed by atoms with Crippen LogP contribution in [-0.2, 0) is 16.0 Å². The number of fused-ring (bicyclic) bond motifs is 2. The maximum Gasteiger partial charge on any atom is 0.328 e. The fraction of sp³-hybridized carbons (Fsp3) is 0.125. The van der Waals surface area contributed by atoms with Crippen molar-refractivity contribution in [3.8, 4) is 5.75 Å².